The van der Waals surface area contributed by atoms with Crippen molar-refractivity contribution in [3.63, 3.8) is 0 Å². The number of hydrogen-bond acceptors (Lipinski definition) is 5. The van der Waals surface area contributed by atoms with Gasteiger partial charge in [-0.25, -0.2) is 0 Å². The molecule has 0 amide bonds. The third-order valence-electron chi connectivity index (χ3n) is 5.65. The minimum atomic E-state index is -0.0510. The highest BCUT2D eigenvalue weighted by atomic mass is 32.1. The van der Waals surface area contributed by atoms with Gasteiger partial charge in [-0.2, -0.15) is 4.37 Å². The van der Waals surface area contributed by atoms with Gasteiger partial charge in [0.2, 0.25) is 5.88 Å². The second-order valence-electron chi connectivity index (χ2n) is 7.40. The zero-order chi connectivity index (χ0) is 17.9. The van der Waals surface area contributed by atoms with Crippen molar-refractivity contribution in [3.05, 3.63) is 41.0 Å². The van der Waals surface area contributed by atoms with E-state index in [4.69, 9.17) is 5.41 Å². The average Bonchev–Trinajstić information content (AvgIpc) is 3.25. The molecule has 1 fully saturated rings. The van der Waals surface area contributed by atoms with Crippen LogP contribution in [0.3, 0.4) is 0 Å². The Balaban J connectivity index is 1.44. The highest BCUT2D eigenvalue weighted by molar-refractivity contribution is 7.10. The van der Waals surface area contributed by atoms with E-state index in [0.29, 0.717) is 11.5 Å². The molecule has 4 rings (SSSR count). The number of benzene rings is 1. The Bertz CT molecular complexity index is 782. The van der Waals surface area contributed by atoms with E-state index in [1.54, 1.807) is 0 Å². The summed E-state index contributed by atoms with van der Waals surface area (Å²) in [4.78, 5) is 0. The fraction of sp³-hybridized carbons (Fsp3) is 0.500. The van der Waals surface area contributed by atoms with Crippen LogP contribution in [0.5, 0.6) is 5.88 Å². The van der Waals surface area contributed by atoms with Crippen molar-refractivity contribution in [1.82, 2.24) is 9.69 Å². The van der Waals surface area contributed by atoms with Crippen molar-refractivity contribution in [1.29, 1.82) is 5.41 Å². The van der Waals surface area contributed by atoms with Crippen molar-refractivity contribution in [2.24, 2.45) is 5.92 Å². The molecule has 26 heavy (non-hydrogen) atoms. The van der Waals surface area contributed by atoms with Crippen molar-refractivity contribution in [2.75, 3.05) is 11.9 Å². The molecule has 1 heterocycles. The number of nitrogens with one attached hydrogen (secondary N) is 3. The van der Waals surface area contributed by atoms with Crippen molar-refractivity contribution < 1.29 is 5.11 Å². The molecule has 138 valence electrons. The molecule has 2 aliphatic carbocycles. The van der Waals surface area contributed by atoms with Gasteiger partial charge in [0.1, 0.15) is 16.4 Å². The van der Waals surface area contributed by atoms with Crippen molar-refractivity contribution in [3.8, 4) is 5.88 Å². The first-order chi connectivity index (χ1) is 12.7. The molecule has 0 bridgehead atoms. The van der Waals surface area contributed by atoms with Gasteiger partial charge in [-0.3, -0.25) is 5.41 Å². The second-order valence-corrected chi connectivity index (χ2v) is 8.18. The summed E-state index contributed by atoms with van der Waals surface area (Å²) in [6, 6.07) is 8.70. The maximum absolute atomic E-state index is 10.2. The molecule has 0 spiro atoms. The maximum Gasteiger partial charge on any atom is 0.236 e. The normalized spacial score (nSPS) is 19.9. The minimum Gasteiger partial charge on any atom is -0.492 e. The number of aromatic nitrogens is 1. The first kappa shape index (κ1) is 17.3. The van der Waals surface area contributed by atoms with Crippen LogP contribution < -0.4 is 10.6 Å². The predicted octanol–water partition coefficient (Wildman–Crippen LogP) is 4.44. The number of aromatic hydroxyl groups is 1. The first-order valence-electron chi connectivity index (χ1n) is 9.58. The molecule has 1 aromatic carbocycles. The van der Waals surface area contributed by atoms with Crippen LogP contribution >= 0.6 is 11.5 Å². The summed E-state index contributed by atoms with van der Waals surface area (Å²) in [6.07, 6.45) is 8.47. The molecule has 2 aromatic rings. The van der Waals surface area contributed by atoms with Gasteiger partial charge in [0.25, 0.3) is 0 Å². The van der Waals surface area contributed by atoms with E-state index < -0.39 is 0 Å². The van der Waals surface area contributed by atoms with Gasteiger partial charge in [-0.15, -0.1) is 0 Å². The molecular formula is C20H26N4OS. The van der Waals surface area contributed by atoms with E-state index in [2.05, 4.69) is 39.3 Å². The van der Waals surface area contributed by atoms with Gasteiger partial charge < -0.3 is 15.7 Å². The van der Waals surface area contributed by atoms with Crippen LogP contribution in [0.2, 0.25) is 0 Å². The van der Waals surface area contributed by atoms with E-state index >= 15 is 0 Å². The smallest absolute Gasteiger partial charge is 0.236 e. The van der Waals surface area contributed by atoms with Crippen LogP contribution in [-0.4, -0.2) is 21.9 Å². The lowest BCUT2D eigenvalue weighted by molar-refractivity contribution is 0.356. The number of aryl methyl sites for hydroxylation is 1. The fourth-order valence-electron chi connectivity index (χ4n) is 4.20. The van der Waals surface area contributed by atoms with Gasteiger partial charge in [-0.05, 0) is 54.3 Å². The van der Waals surface area contributed by atoms with Crippen LogP contribution in [0.25, 0.3) is 0 Å². The molecule has 6 heteroatoms. The van der Waals surface area contributed by atoms with Gasteiger partial charge in [0.15, 0.2) is 0 Å². The molecule has 2 aliphatic rings. The summed E-state index contributed by atoms with van der Waals surface area (Å²) < 4.78 is 4.08. The minimum absolute atomic E-state index is 0.0510. The number of anilines is 1. The van der Waals surface area contributed by atoms with Gasteiger partial charge in [0, 0.05) is 6.54 Å². The summed E-state index contributed by atoms with van der Waals surface area (Å²) in [6.45, 7) is 0.805. The second kappa shape index (κ2) is 7.66. The van der Waals surface area contributed by atoms with E-state index in [0.717, 1.165) is 24.4 Å². The lowest BCUT2D eigenvalue weighted by atomic mass is 9.89. The number of nitrogens with zero attached hydrogens (tertiary/aromatic N) is 1. The maximum atomic E-state index is 10.2. The molecule has 1 atom stereocenters. The number of amidine groups is 1. The van der Waals surface area contributed by atoms with E-state index in [-0.39, 0.29) is 17.8 Å². The Kier molecular flexibility index (Phi) is 5.11. The summed E-state index contributed by atoms with van der Waals surface area (Å²) in [5, 5.41) is 26.1. The van der Waals surface area contributed by atoms with Crippen LogP contribution in [0, 0.1) is 11.3 Å². The molecular weight excluding hydrogens is 344 g/mol. The Morgan fingerprint density at radius 1 is 1.19 bits per heavy atom. The van der Waals surface area contributed by atoms with Gasteiger partial charge in [0.05, 0.1) is 6.04 Å². The zero-order valence-electron chi connectivity index (χ0n) is 14.9. The van der Waals surface area contributed by atoms with E-state index in [9.17, 15) is 5.11 Å². The van der Waals surface area contributed by atoms with Crippen LogP contribution in [-0.2, 0) is 6.42 Å². The Morgan fingerprint density at radius 3 is 2.85 bits per heavy atom. The molecule has 5 nitrogen and oxygen atoms in total. The monoisotopic (exact) mass is 370 g/mol. The molecule has 0 saturated heterocycles. The van der Waals surface area contributed by atoms with Crippen molar-refractivity contribution in [2.45, 2.75) is 51.0 Å². The highest BCUT2D eigenvalue weighted by Crippen LogP contribution is 2.38. The summed E-state index contributed by atoms with van der Waals surface area (Å²) in [5.74, 6) is 0.858. The van der Waals surface area contributed by atoms with Gasteiger partial charge >= 0.3 is 0 Å². The number of fused-ring (bicyclic) bond motifs is 1. The van der Waals surface area contributed by atoms with Crippen molar-refractivity contribution >= 4 is 22.4 Å². The van der Waals surface area contributed by atoms with Crippen LogP contribution in [0.15, 0.2) is 24.3 Å². The molecule has 1 aromatic heterocycles. The summed E-state index contributed by atoms with van der Waals surface area (Å²) in [5.41, 5.74) is 3.20. The first-order valence-corrected chi connectivity index (χ1v) is 10.4. The zero-order valence-corrected chi connectivity index (χ0v) is 15.7. The largest absolute Gasteiger partial charge is 0.492 e. The summed E-state index contributed by atoms with van der Waals surface area (Å²) in [7, 11) is 0. The quantitative estimate of drug-likeness (QED) is 0.463. The number of rotatable bonds is 5. The highest BCUT2D eigenvalue weighted by Gasteiger charge is 2.26. The fourth-order valence-corrected chi connectivity index (χ4v) is 4.95. The molecule has 0 radical (unpaired) electrons. The third-order valence-corrected chi connectivity index (χ3v) is 6.42. The van der Waals surface area contributed by atoms with Crippen LogP contribution in [0.1, 0.15) is 61.3 Å². The van der Waals surface area contributed by atoms with Gasteiger partial charge in [-0.1, -0.05) is 43.5 Å². The lowest BCUT2D eigenvalue weighted by Gasteiger charge is -2.22. The Morgan fingerprint density at radius 2 is 2.00 bits per heavy atom. The van der Waals surface area contributed by atoms with E-state index in [1.165, 1.54) is 54.8 Å². The Hall–Kier alpha value is -2.08. The third kappa shape index (κ3) is 3.56. The Labute approximate surface area is 158 Å². The topological polar surface area (TPSA) is 81.0 Å². The number of hydrogen-bond donors (Lipinski definition) is 4. The average molecular weight is 371 g/mol. The molecule has 1 unspecified atom stereocenters. The standard InChI is InChI=1S/C20H26N4OS/c21-18(22-12-13-6-2-1-3-7-13)17-19(25)24-26-20(17)23-16-11-10-14-8-4-5-9-15(14)16/h4-5,8-9,13,16,23H,1-3,6-7,10-12H2,(H2,21,22)(H,24,25). The molecule has 1 saturated carbocycles. The summed E-state index contributed by atoms with van der Waals surface area (Å²) >= 11 is 1.24. The van der Waals surface area contributed by atoms with Crippen LogP contribution in [0.4, 0.5) is 5.00 Å². The lowest BCUT2D eigenvalue weighted by Crippen LogP contribution is -2.30. The molecule has 4 N–H and O–H groups in total. The van der Waals surface area contributed by atoms with E-state index in [1.807, 2.05) is 0 Å². The SMILES string of the molecule is N=C(NCC1CCCCC1)c1c(O)nsc1NC1CCc2ccccc21. The molecule has 0 aliphatic heterocycles. The predicted molar refractivity (Wildman–Crippen MR) is 106 cm³/mol.